The normalized spacial score (nSPS) is 24.7. The van der Waals surface area contributed by atoms with Gasteiger partial charge >= 0.3 is 0 Å². The predicted molar refractivity (Wildman–Crippen MR) is 104 cm³/mol. The van der Waals surface area contributed by atoms with Crippen LogP contribution in [0.2, 0.25) is 0 Å². The summed E-state index contributed by atoms with van der Waals surface area (Å²) in [6, 6.07) is 1.65. The summed E-state index contributed by atoms with van der Waals surface area (Å²) in [7, 11) is 0. The molecular weight excluding hydrogens is 344 g/mol. The monoisotopic (exact) mass is 376 g/mol. The standard InChI is InChI=1S/C20H32N4O3/c1-15(2)18-10-19(26)24(14-21-18)11-17-4-7-22(8-5-17)12-20(27)6-9-23(13-20)16(3)25/h10,14-15,17,27H,4-9,11-13H2,1-3H3. The van der Waals surface area contributed by atoms with Crippen molar-refractivity contribution in [2.75, 3.05) is 32.7 Å². The van der Waals surface area contributed by atoms with Crippen molar-refractivity contribution in [1.82, 2.24) is 19.4 Å². The number of hydrogen-bond acceptors (Lipinski definition) is 5. The number of likely N-dealkylation sites (tertiary alicyclic amines) is 2. The molecule has 0 spiro atoms. The third kappa shape index (κ3) is 4.96. The number of amides is 1. The molecule has 1 amide bonds. The van der Waals surface area contributed by atoms with Gasteiger partial charge < -0.3 is 14.9 Å². The van der Waals surface area contributed by atoms with Crippen molar-refractivity contribution in [1.29, 1.82) is 0 Å². The Labute approximate surface area is 161 Å². The zero-order chi connectivity index (χ0) is 19.6. The summed E-state index contributed by atoms with van der Waals surface area (Å²) >= 11 is 0. The summed E-state index contributed by atoms with van der Waals surface area (Å²) in [6.07, 6.45) is 4.34. The number of piperidine rings is 1. The average molecular weight is 377 g/mol. The molecule has 1 unspecified atom stereocenters. The Hall–Kier alpha value is -1.73. The summed E-state index contributed by atoms with van der Waals surface area (Å²) < 4.78 is 1.72. The van der Waals surface area contributed by atoms with Crippen LogP contribution in [0.4, 0.5) is 0 Å². The Balaban J connectivity index is 1.49. The molecule has 7 heteroatoms. The first kappa shape index (κ1) is 20.0. The van der Waals surface area contributed by atoms with Crippen LogP contribution in [0.1, 0.15) is 51.6 Å². The van der Waals surface area contributed by atoms with E-state index in [9.17, 15) is 14.7 Å². The number of nitrogens with zero attached hydrogens (tertiary/aromatic N) is 4. The quantitative estimate of drug-likeness (QED) is 0.831. The molecule has 0 bridgehead atoms. The van der Waals surface area contributed by atoms with E-state index in [4.69, 9.17) is 0 Å². The zero-order valence-corrected chi connectivity index (χ0v) is 16.7. The van der Waals surface area contributed by atoms with E-state index in [1.165, 1.54) is 0 Å². The maximum absolute atomic E-state index is 12.3. The zero-order valence-electron chi connectivity index (χ0n) is 16.7. The molecule has 3 rings (SSSR count). The van der Waals surface area contributed by atoms with Gasteiger partial charge in [0.05, 0.1) is 24.2 Å². The first-order chi connectivity index (χ1) is 12.8. The van der Waals surface area contributed by atoms with Gasteiger partial charge in [-0.3, -0.25) is 14.2 Å². The van der Waals surface area contributed by atoms with Gasteiger partial charge in [0.25, 0.3) is 5.56 Å². The number of aliphatic hydroxyl groups is 1. The molecule has 2 aliphatic rings. The molecule has 2 fully saturated rings. The van der Waals surface area contributed by atoms with Gasteiger partial charge in [-0.1, -0.05) is 13.8 Å². The molecular formula is C20H32N4O3. The number of aromatic nitrogens is 2. The van der Waals surface area contributed by atoms with E-state index in [2.05, 4.69) is 9.88 Å². The highest BCUT2D eigenvalue weighted by Crippen LogP contribution is 2.26. The predicted octanol–water partition coefficient (Wildman–Crippen LogP) is 1.06. The Morgan fingerprint density at radius 1 is 1.33 bits per heavy atom. The fourth-order valence-electron chi connectivity index (χ4n) is 4.17. The fraction of sp³-hybridized carbons (Fsp3) is 0.750. The average Bonchev–Trinajstić information content (AvgIpc) is 3.00. The second kappa shape index (κ2) is 8.10. The number of rotatable bonds is 5. The third-order valence-electron chi connectivity index (χ3n) is 5.95. The highest BCUT2D eigenvalue weighted by molar-refractivity contribution is 5.73. The Morgan fingerprint density at radius 3 is 2.59 bits per heavy atom. The highest BCUT2D eigenvalue weighted by Gasteiger charge is 2.39. The smallest absolute Gasteiger partial charge is 0.253 e. The molecule has 1 atom stereocenters. The molecule has 0 saturated carbocycles. The Morgan fingerprint density at radius 2 is 2.04 bits per heavy atom. The van der Waals surface area contributed by atoms with Crippen LogP contribution in [0.3, 0.4) is 0 Å². The van der Waals surface area contributed by atoms with Gasteiger partial charge in [-0.25, -0.2) is 4.98 Å². The lowest BCUT2D eigenvalue weighted by Crippen LogP contribution is -2.48. The van der Waals surface area contributed by atoms with Crippen molar-refractivity contribution in [3.05, 3.63) is 28.4 Å². The lowest BCUT2D eigenvalue weighted by Gasteiger charge is -2.36. The second-order valence-electron chi connectivity index (χ2n) is 8.59. The molecule has 0 radical (unpaired) electrons. The largest absolute Gasteiger partial charge is 0.387 e. The lowest BCUT2D eigenvalue weighted by molar-refractivity contribution is -0.129. The molecule has 3 heterocycles. The van der Waals surface area contributed by atoms with Gasteiger partial charge in [0.2, 0.25) is 5.91 Å². The van der Waals surface area contributed by atoms with Gasteiger partial charge in [-0.2, -0.15) is 0 Å². The summed E-state index contributed by atoms with van der Waals surface area (Å²) in [4.78, 5) is 32.2. The maximum Gasteiger partial charge on any atom is 0.253 e. The van der Waals surface area contributed by atoms with Gasteiger partial charge in [0.1, 0.15) is 0 Å². The van der Waals surface area contributed by atoms with E-state index in [-0.39, 0.29) is 17.4 Å². The van der Waals surface area contributed by atoms with Crippen molar-refractivity contribution in [2.24, 2.45) is 5.92 Å². The highest BCUT2D eigenvalue weighted by atomic mass is 16.3. The van der Waals surface area contributed by atoms with Crippen LogP contribution in [0.25, 0.3) is 0 Å². The minimum absolute atomic E-state index is 0.0284. The van der Waals surface area contributed by atoms with Gasteiger partial charge in [0.15, 0.2) is 0 Å². The fourth-order valence-corrected chi connectivity index (χ4v) is 4.17. The SMILES string of the molecule is CC(=O)N1CCC(O)(CN2CCC(Cn3cnc(C(C)C)cc3=O)CC2)C1. The molecule has 27 heavy (non-hydrogen) atoms. The first-order valence-electron chi connectivity index (χ1n) is 10.0. The third-order valence-corrected chi connectivity index (χ3v) is 5.95. The molecule has 1 N–H and O–H groups in total. The van der Waals surface area contributed by atoms with Gasteiger partial charge in [-0.05, 0) is 44.2 Å². The van der Waals surface area contributed by atoms with Crippen molar-refractivity contribution >= 4 is 5.91 Å². The minimum Gasteiger partial charge on any atom is -0.387 e. The lowest BCUT2D eigenvalue weighted by atomic mass is 9.94. The van der Waals surface area contributed by atoms with Crippen LogP contribution in [-0.4, -0.2) is 68.7 Å². The molecule has 1 aromatic rings. The van der Waals surface area contributed by atoms with E-state index in [0.29, 0.717) is 38.5 Å². The van der Waals surface area contributed by atoms with Crippen molar-refractivity contribution < 1.29 is 9.90 Å². The topological polar surface area (TPSA) is 78.7 Å². The van der Waals surface area contributed by atoms with E-state index in [1.54, 1.807) is 28.8 Å². The Bertz CT molecular complexity index is 724. The van der Waals surface area contributed by atoms with Crippen LogP contribution in [-0.2, 0) is 11.3 Å². The summed E-state index contributed by atoms with van der Waals surface area (Å²) in [5.41, 5.74) is 0.0858. The molecule has 150 valence electrons. The van der Waals surface area contributed by atoms with Crippen LogP contribution in [0.5, 0.6) is 0 Å². The minimum atomic E-state index is -0.786. The summed E-state index contributed by atoms with van der Waals surface area (Å²) in [5.74, 6) is 0.751. The molecule has 2 saturated heterocycles. The van der Waals surface area contributed by atoms with E-state index in [0.717, 1.165) is 31.6 Å². The molecule has 0 aliphatic carbocycles. The molecule has 2 aliphatic heterocycles. The second-order valence-corrected chi connectivity index (χ2v) is 8.59. The molecule has 0 aromatic carbocycles. The van der Waals surface area contributed by atoms with Crippen LogP contribution in [0.15, 0.2) is 17.2 Å². The van der Waals surface area contributed by atoms with Crippen LogP contribution < -0.4 is 5.56 Å². The summed E-state index contributed by atoms with van der Waals surface area (Å²) in [5, 5.41) is 10.8. The van der Waals surface area contributed by atoms with Crippen LogP contribution in [0, 0.1) is 5.92 Å². The number of carbonyl (C=O) groups is 1. The molecule has 7 nitrogen and oxygen atoms in total. The number of carbonyl (C=O) groups excluding carboxylic acids is 1. The van der Waals surface area contributed by atoms with Crippen molar-refractivity contribution in [3.63, 3.8) is 0 Å². The Kier molecular flexibility index (Phi) is 6.01. The van der Waals surface area contributed by atoms with Crippen molar-refractivity contribution in [3.8, 4) is 0 Å². The van der Waals surface area contributed by atoms with Gasteiger partial charge in [-0.15, -0.1) is 0 Å². The number of β-amino-alcohol motifs (C(OH)–C–C–N with tert-alkyl or cyclic N) is 1. The number of hydrogen-bond donors (Lipinski definition) is 1. The van der Waals surface area contributed by atoms with E-state index < -0.39 is 5.60 Å². The van der Waals surface area contributed by atoms with Gasteiger partial charge in [0, 0.05) is 32.6 Å². The molecule has 1 aromatic heterocycles. The van der Waals surface area contributed by atoms with E-state index >= 15 is 0 Å². The van der Waals surface area contributed by atoms with Crippen LogP contribution >= 0.6 is 0 Å². The summed E-state index contributed by atoms with van der Waals surface area (Å²) in [6.45, 7) is 9.87. The first-order valence-corrected chi connectivity index (χ1v) is 10.0. The van der Waals surface area contributed by atoms with E-state index in [1.807, 2.05) is 13.8 Å². The maximum atomic E-state index is 12.3. The van der Waals surface area contributed by atoms with Crippen molar-refractivity contribution in [2.45, 2.75) is 58.1 Å².